The molecule has 2 rings (SSSR count). The molecule has 0 amide bonds. The lowest BCUT2D eigenvalue weighted by molar-refractivity contribution is 0.381. The van der Waals surface area contributed by atoms with Gasteiger partial charge in [-0.25, -0.2) is 4.39 Å². The molecule has 0 bridgehead atoms. The number of anilines is 1. The highest BCUT2D eigenvalue weighted by Crippen LogP contribution is 2.16. The Hall–Kier alpha value is -0.700. The molecule has 1 saturated heterocycles. The van der Waals surface area contributed by atoms with Gasteiger partial charge in [0, 0.05) is 37.6 Å². The maximum atomic E-state index is 12.9. The molecule has 1 aromatic carbocycles. The van der Waals surface area contributed by atoms with Crippen LogP contribution >= 0.6 is 35.7 Å². The second kappa shape index (κ2) is 9.34. The van der Waals surface area contributed by atoms with Crippen LogP contribution in [0.5, 0.6) is 0 Å². The van der Waals surface area contributed by atoms with Crippen molar-refractivity contribution < 1.29 is 4.39 Å². The number of aliphatic imine (C=N–C) groups is 1. The van der Waals surface area contributed by atoms with Crippen molar-refractivity contribution in [3.8, 4) is 0 Å². The number of piperazine rings is 1. The van der Waals surface area contributed by atoms with E-state index in [2.05, 4.69) is 21.0 Å². The van der Waals surface area contributed by atoms with Crippen LogP contribution in [0.25, 0.3) is 0 Å². The number of guanidine groups is 1. The van der Waals surface area contributed by atoms with Gasteiger partial charge in [-0.15, -0.1) is 24.0 Å². The summed E-state index contributed by atoms with van der Waals surface area (Å²) >= 11 is 1.77. The largest absolute Gasteiger partial charge is 0.370 e. The molecule has 21 heavy (non-hydrogen) atoms. The molecule has 0 aromatic heterocycles. The third-order valence-corrected chi connectivity index (χ3v) is 3.96. The van der Waals surface area contributed by atoms with Gasteiger partial charge >= 0.3 is 0 Å². The first-order chi connectivity index (χ1) is 9.70. The van der Waals surface area contributed by atoms with E-state index in [1.54, 1.807) is 11.8 Å². The van der Waals surface area contributed by atoms with Crippen LogP contribution in [0.1, 0.15) is 0 Å². The number of rotatable bonds is 4. The first-order valence-corrected chi connectivity index (χ1v) is 8.14. The van der Waals surface area contributed by atoms with Crippen LogP contribution in [0.15, 0.2) is 29.3 Å². The van der Waals surface area contributed by atoms with Gasteiger partial charge in [0.15, 0.2) is 5.96 Å². The summed E-state index contributed by atoms with van der Waals surface area (Å²) in [6.45, 7) is 4.23. The molecule has 118 valence electrons. The van der Waals surface area contributed by atoms with E-state index in [0.717, 1.165) is 44.2 Å². The van der Waals surface area contributed by atoms with Gasteiger partial charge in [-0.05, 0) is 30.5 Å². The van der Waals surface area contributed by atoms with Gasteiger partial charge in [-0.1, -0.05) is 0 Å². The third-order valence-electron chi connectivity index (χ3n) is 3.36. The standard InChI is InChI=1S/C14H21FN4S.HI/c1-20-11-6-17-14(16)19-9-7-18(8-10-19)13-4-2-12(15)3-5-13;/h2-5H,6-11H2,1H3,(H2,16,17);1H. The molecule has 0 radical (unpaired) electrons. The van der Waals surface area contributed by atoms with Crippen molar-refractivity contribution >= 4 is 47.4 Å². The Bertz CT molecular complexity index is 447. The van der Waals surface area contributed by atoms with Crippen LogP contribution in [-0.2, 0) is 0 Å². The van der Waals surface area contributed by atoms with E-state index in [9.17, 15) is 4.39 Å². The van der Waals surface area contributed by atoms with Crippen molar-refractivity contribution in [3.05, 3.63) is 30.1 Å². The summed E-state index contributed by atoms with van der Waals surface area (Å²) < 4.78 is 12.9. The molecule has 1 aromatic rings. The average Bonchev–Trinajstić information content (AvgIpc) is 2.48. The SMILES string of the molecule is CSCCN=C(N)N1CCN(c2ccc(F)cc2)CC1.I. The van der Waals surface area contributed by atoms with Crippen molar-refractivity contribution in [1.29, 1.82) is 0 Å². The van der Waals surface area contributed by atoms with E-state index < -0.39 is 0 Å². The summed E-state index contributed by atoms with van der Waals surface area (Å²) in [4.78, 5) is 8.73. The van der Waals surface area contributed by atoms with Crippen LogP contribution in [0, 0.1) is 5.82 Å². The van der Waals surface area contributed by atoms with Crippen LogP contribution < -0.4 is 10.6 Å². The van der Waals surface area contributed by atoms with Crippen LogP contribution in [-0.4, -0.2) is 55.6 Å². The number of benzene rings is 1. The van der Waals surface area contributed by atoms with Gasteiger partial charge in [-0.2, -0.15) is 11.8 Å². The van der Waals surface area contributed by atoms with Crippen LogP contribution in [0.2, 0.25) is 0 Å². The molecule has 0 atom stereocenters. The Morgan fingerprint density at radius 3 is 2.43 bits per heavy atom. The fourth-order valence-corrected chi connectivity index (χ4v) is 2.47. The molecule has 4 nitrogen and oxygen atoms in total. The Balaban J connectivity index is 0.00000220. The van der Waals surface area contributed by atoms with Crippen molar-refractivity contribution in [2.24, 2.45) is 10.7 Å². The smallest absolute Gasteiger partial charge is 0.191 e. The molecule has 1 aliphatic rings. The van der Waals surface area contributed by atoms with E-state index in [-0.39, 0.29) is 29.8 Å². The Morgan fingerprint density at radius 2 is 1.86 bits per heavy atom. The van der Waals surface area contributed by atoms with E-state index in [1.807, 2.05) is 12.1 Å². The predicted octanol–water partition coefficient (Wildman–Crippen LogP) is 2.24. The molecule has 1 fully saturated rings. The minimum atomic E-state index is -0.197. The Labute approximate surface area is 147 Å². The molecular formula is C14H22FIN4S. The van der Waals surface area contributed by atoms with Crippen molar-refractivity contribution in [2.45, 2.75) is 0 Å². The molecule has 1 heterocycles. The molecule has 2 N–H and O–H groups in total. The lowest BCUT2D eigenvalue weighted by Crippen LogP contribution is -2.51. The summed E-state index contributed by atoms with van der Waals surface area (Å²) in [5, 5.41) is 0. The molecule has 0 unspecified atom stereocenters. The maximum Gasteiger partial charge on any atom is 0.191 e. The van der Waals surface area contributed by atoms with Crippen LogP contribution in [0.4, 0.5) is 10.1 Å². The van der Waals surface area contributed by atoms with Gasteiger partial charge in [0.2, 0.25) is 0 Å². The highest BCUT2D eigenvalue weighted by atomic mass is 127. The first-order valence-electron chi connectivity index (χ1n) is 6.75. The zero-order valence-corrected chi connectivity index (χ0v) is 15.3. The quantitative estimate of drug-likeness (QED) is 0.349. The molecule has 1 aliphatic heterocycles. The number of halogens is 2. The molecule has 0 saturated carbocycles. The number of hydrogen-bond acceptors (Lipinski definition) is 3. The van der Waals surface area contributed by atoms with Gasteiger partial charge < -0.3 is 15.5 Å². The normalized spacial score (nSPS) is 15.8. The summed E-state index contributed by atoms with van der Waals surface area (Å²) in [5.41, 5.74) is 7.05. The number of hydrogen-bond donors (Lipinski definition) is 1. The minimum Gasteiger partial charge on any atom is -0.370 e. The van der Waals surface area contributed by atoms with Gasteiger partial charge in [-0.3, -0.25) is 4.99 Å². The maximum absolute atomic E-state index is 12.9. The highest BCUT2D eigenvalue weighted by Gasteiger charge is 2.18. The zero-order valence-electron chi connectivity index (χ0n) is 12.2. The van der Waals surface area contributed by atoms with Crippen molar-refractivity contribution in [2.75, 3.05) is 49.6 Å². The first kappa shape index (κ1) is 18.3. The van der Waals surface area contributed by atoms with Crippen molar-refractivity contribution in [1.82, 2.24) is 4.90 Å². The van der Waals surface area contributed by atoms with Gasteiger partial charge in [0.25, 0.3) is 0 Å². The van der Waals surface area contributed by atoms with Gasteiger partial charge in [0.1, 0.15) is 5.82 Å². The topological polar surface area (TPSA) is 44.9 Å². The summed E-state index contributed by atoms with van der Waals surface area (Å²) in [7, 11) is 0. The summed E-state index contributed by atoms with van der Waals surface area (Å²) in [5.74, 6) is 1.44. The number of nitrogens with zero attached hydrogens (tertiary/aromatic N) is 3. The highest BCUT2D eigenvalue weighted by molar-refractivity contribution is 14.0. The average molecular weight is 424 g/mol. The van der Waals surface area contributed by atoms with E-state index in [0.29, 0.717) is 5.96 Å². The van der Waals surface area contributed by atoms with Crippen LogP contribution in [0.3, 0.4) is 0 Å². The molecule has 0 aliphatic carbocycles. The summed E-state index contributed by atoms with van der Waals surface area (Å²) in [6, 6.07) is 6.64. The van der Waals surface area contributed by atoms with E-state index >= 15 is 0 Å². The monoisotopic (exact) mass is 424 g/mol. The number of nitrogens with two attached hydrogens (primary N) is 1. The molecular weight excluding hydrogens is 402 g/mol. The Kier molecular flexibility index (Phi) is 8.16. The lowest BCUT2D eigenvalue weighted by Gasteiger charge is -2.36. The fourth-order valence-electron chi connectivity index (χ4n) is 2.20. The minimum absolute atomic E-state index is 0. The summed E-state index contributed by atoms with van der Waals surface area (Å²) in [6.07, 6.45) is 2.06. The Morgan fingerprint density at radius 1 is 1.24 bits per heavy atom. The van der Waals surface area contributed by atoms with Crippen molar-refractivity contribution in [3.63, 3.8) is 0 Å². The second-order valence-electron chi connectivity index (χ2n) is 4.68. The second-order valence-corrected chi connectivity index (χ2v) is 5.67. The van der Waals surface area contributed by atoms with E-state index in [1.165, 1.54) is 12.1 Å². The zero-order chi connectivity index (χ0) is 14.4. The van der Waals surface area contributed by atoms with E-state index in [4.69, 9.17) is 5.73 Å². The fraction of sp³-hybridized carbons (Fsp3) is 0.500. The number of thioether (sulfide) groups is 1. The molecule has 0 spiro atoms. The predicted molar refractivity (Wildman–Crippen MR) is 100 cm³/mol. The molecule has 7 heteroatoms. The lowest BCUT2D eigenvalue weighted by atomic mass is 10.2. The van der Waals surface area contributed by atoms with Gasteiger partial charge in [0.05, 0.1) is 6.54 Å². The third kappa shape index (κ3) is 5.54.